The number of aromatic nitrogens is 2. The number of nitrogens with zero attached hydrogens (tertiary/aromatic N) is 3. The molecule has 0 atom stereocenters. The molecule has 28 heavy (non-hydrogen) atoms. The van der Waals surface area contributed by atoms with Crippen LogP contribution < -0.4 is 5.32 Å². The maximum absolute atomic E-state index is 12.7. The molecule has 1 heterocycles. The highest BCUT2D eigenvalue weighted by molar-refractivity contribution is 5.93. The second-order valence-electron chi connectivity index (χ2n) is 9.05. The van der Waals surface area contributed by atoms with Crippen molar-refractivity contribution in [2.45, 2.75) is 38.5 Å². The van der Waals surface area contributed by atoms with Crippen molar-refractivity contribution in [3.05, 3.63) is 52.3 Å². The summed E-state index contributed by atoms with van der Waals surface area (Å²) in [6.45, 7) is 0.762. The van der Waals surface area contributed by atoms with Crippen LogP contribution in [-0.4, -0.2) is 27.2 Å². The SMILES string of the molecule is O=C(NCC12CC3CC(CC(C3)C1)C2)c1cnn(-c2ccc([N+](=O)[O-])cc2)c1. The van der Waals surface area contributed by atoms with Gasteiger partial charge in [-0.1, -0.05) is 0 Å². The van der Waals surface area contributed by atoms with Crippen molar-refractivity contribution >= 4 is 11.6 Å². The van der Waals surface area contributed by atoms with Crippen molar-refractivity contribution in [1.29, 1.82) is 0 Å². The first-order chi connectivity index (χ1) is 13.5. The van der Waals surface area contributed by atoms with Gasteiger partial charge in [0.1, 0.15) is 0 Å². The van der Waals surface area contributed by atoms with Gasteiger partial charge in [-0.3, -0.25) is 14.9 Å². The maximum Gasteiger partial charge on any atom is 0.269 e. The number of carbonyl (C=O) groups is 1. The van der Waals surface area contributed by atoms with Gasteiger partial charge < -0.3 is 5.32 Å². The van der Waals surface area contributed by atoms with E-state index in [9.17, 15) is 14.9 Å². The third-order valence-electron chi connectivity index (χ3n) is 6.96. The average molecular weight is 380 g/mol. The Morgan fingerprint density at radius 1 is 1.14 bits per heavy atom. The summed E-state index contributed by atoms with van der Waals surface area (Å²) in [6, 6.07) is 6.12. The molecule has 1 amide bonds. The van der Waals surface area contributed by atoms with Crippen LogP contribution in [0.5, 0.6) is 0 Å². The highest BCUT2D eigenvalue weighted by Gasteiger charge is 2.50. The van der Waals surface area contributed by atoms with Crippen LogP contribution >= 0.6 is 0 Å². The molecule has 4 fully saturated rings. The largest absolute Gasteiger partial charge is 0.351 e. The quantitative estimate of drug-likeness (QED) is 0.632. The Kier molecular flexibility index (Phi) is 4.00. The van der Waals surface area contributed by atoms with Crippen LogP contribution in [0.4, 0.5) is 5.69 Å². The number of nitro benzene ring substituents is 1. The maximum atomic E-state index is 12.7. The molecule has 0 saturated heterocycles. The highest BCUT2D eigenvalue weighted by atomic mass is 16.6. The first-order valence-corrected chi connectivity index (χ1v) is 10.1. The summed E-state index contributed by atoms with van der Waals surface area (Å²) in [5, 5.41) is 18.2. The van der Waals surface area contributed by atoms with Crippen LogP contribution in [0, 0.1) is 33.3 Å². The second kappa shape index (κ2) is 6.43. The van der Waals surface area contributed by atoms with E-state index in [-0.39, 0.29) is 11.6 Å². The second-order valence-corrected chi connectivity index (χ2v) is 9.05. The number of amides is 1. The average Bonchev–Trinajstić information content (AvgIpc) is 3.15. The summed E-state index contributed by atoms with van der Waals surface area (Å²) in [5.41, 5.74) is 1.54. The van der Waals surface area contributed by atoms with E-state index in [4.69, 9.17) is 0 Å². The monoisotopic (exact) mass is 380 g/mol. The van der Waals surface area contributed by atoms with Crippen molar-refractivity contribution in [2.24, 2.45) is 23.2 Å². The molecular formula is C21H24N4O3. The summed E-state index contributed by atoms with van der Waals surface area (Å²) >= 11 is 0. The third-order valence-corrected chi connectivity index (χ3v) is 6.96. The third kappa shape index (κ3) is 3.08. The molecule has 1 aromatic carbocycles. The van der Waals surface area contributed by atoms with Gasteiger partial charge in [0.2, 0.25) is 0 Å². The normalized spacial score (nSPS) is 30.4. The number of carbonyl (C=O) groups excluding carboxylic acids is 1. The molecule has 0 unspecified atom stereocenters. The summed E-state index contributed by atoms with van der Waals surface area (Å²) in [6.07, 6.45) is 11.2. The van der Waals surface area contributed by atoms with E-state index in [1.807, 2.05) is 0 Å². The van der Waals surface area contributed by atoms with E-state index in [0.29, 0.717) is 16.7 Å². The van der Waals surface area contributed by atoms with Gasteiger partial charge in [-0.2, -0.15) is 5.10 Å². The Bertz CT molecular complexity index is 883. The molecule has 4 saturated carbocycles. The van der Waals surface area contributed by atoms with E-state index < -0.39 is 4.92 Å². The molecule has 4 aliphatic rings. The summed E-state index contributed by atoms with van der Waals surface area (Å²) in [7, 11) is 0. The smallest absolute Gasteiger partial charge is 0.269 e. The lowest BCUT2D eigenvalue weighted by Gasteiger charge is -2.56. The van der Waals surface area contributed by atoms with Crippen molar-refractivity contribution in [3.8, 4) is 5.69 Å². The highest BCUT2D eigenvalue weighted by Crippen LogP contribution is 2.59. The zero-order chi connectivity index (χ0) is 19.3. The standard InChI is InChI=1S/C21H24N4O3/c26-20(22-13-21-8-14-5-15(9-21)7-16(6-14)10-21)17-11-23-24(12-17)18-1-3-19(4-2-18)25(27)28/h1-4,11-12,14-16H,5-10,13H2,(H,22,26). The van der Waals surface area contributed by atoms with Gasteiger partial charge in [0.15, 0.2) is 0 Å². The molecule has 0 aliphatic heterocycles. The lowest BCUT2D eigenvalue weighted by molar-refractivity contribution is -0.384. The molecule has 7 heteroatoms. The number of nitrogens with one attached hydrogen (secondary N) is 1. The number of hydrogen-bond acceptors (Lipinski definition) is 4. The van der Waals surface area contributed by atoms with Crippen LogP contribution in [0.2, 0.25) is 0 Å². The fraction of sp³-hybridized carbons (Fsp3) is 0.524. The molecule has 2 aromatic rings. The van der Waals surface area contributed by atoms with E-state index in [0.717, 1.165) is 24.3 Å². The van der Waals surface area contributed by atoms with Gasteiger partial charge in [-0.15, -0.1) is 0 Å². The molecule has 6 rings (SSSR count). The van der Waals surface area contributed by atoms with Crippen LogP contribution in [0.25, 0.3) is 5.69 Å². The summed E-state index contributed by atoms with van der Waals surface area (Å²) in [4.78, 5) is 23.0. The Hall–Kier alpha value is -2.70. The molecular weight excluding hydrogens is 356 g/mol. The van der Waals surface area contributed by atoms with Crippen LogP contribution in [0.15, 0.2) is 36.7 Å². The van der Waals surface area contributed by atoms with Crippen molar-refractivity contribution in [2.75, 3.05) is 6.54 Å². The number of hydrogen-bond donors (Lipinski definition) is 1. The minimum absolute atomic E-state index is 0.0319. The molecule has 0 spiro atoms. The Balaban J connectivity index is 1.25. The molecule has 1 N–H and O–H groups in total. The van der Waals surface area contributed by atoms with E-state index in [1.165, 1.54) is 50.7 Å². The summed E-state index contributed by atoms with van der Waals surface area (Å²) in [5.74, 6) is 2.51. The van der Waals surface area contributed by atoms with E-state index >= 15 is 0 Å². The Morgan fingerprint density at radius 2 is 1.75 bits per heavy atom. The van der Waals surface area contributed by atoms with E-state index in [2.05, 4.69) is 10.4 Å². The van der Waals surface area contributed by atoms with Crippen LogP contribution in [-0.2, 0) is 0 Å². The first kappa shape index (κ1) is 17.4. The molecule has 0 radical (unpaired) electrons. The van der Waals surface area contributed by atoms with Gasteiger partial charge in [-0.05, 0) is 73.8 Å². The number of rotatable bonds is 5. The predicted octanol–water partition coefficient (Wildman–Crippen LogP) is 3.73. The number of benzene rings is 1. The fourth-order valence-corrected chi connectivity index (χ4v) is 6.18. The molecule has 7 nitrogen and oxygen atoms in total. The zero-order valence-electron chi connectivity index (χ0n) is 15.7. The molecule has 4 bridgehead atoms. The number of nitro groups is 1. The summed E-state index contributed by atoms with van der Waals surface area (Å²) < 4.78 is 1.57. The molecule has 4 aliphatic carbocycles. The van der Waals surface area contributed by atoms with Gasteiger partial charge >= 0.3 is 0 Å². The lowest BCUT2D eigenvalue weighted by atomic mass is 9.49. The minimum atomic E-state index is -0.434. The van der Waals surface area contributed by atoms with Crippen molar-refractivity contribution in [3.63, 3.8) is 0 Å². The van der Waals surface area contributed by atoms with Crippen LogP contribution in [0.1, 0.15) is 48.9 Å². The van der Waals surface area contributed by atoms with Gasteiger partial charge in [-0.25, -0.2) is 4.68 Å². The fourth-order valence-electron chi connectivity index (χ4n) is 6.18. The first-order valence-electron chi connectivity index (χ1n) is 10.1. The predicted molar refractivity (Wildman–Crippen MR) is 103 cm³/mol. The molecule has 146 valence electrons. The topological polar surface area (TPSA) is 90.1 Å². The van der Waals surface area contributed by atoms with Crippen LogP contribution in [0.3, 0.4) is 0 Å². The Morgan fingerprint density at radius 3 is 2.32 bits per heavy atom. The molecule has 1 aromatic heterocycles. The number of non-ortho nitro benzene ring substituents is 1. The van der Waals surface area contributed by atoms with Gasteiger partial charge in [0, 0.05) is 24.9 Å². The van der Waals surface area contributed by atoms with Crippen molar-refractivity contribution < 1.29 is 9.72 Å². The minimum Gasteiger partial charge on any atom is -0.351 e. The Labute approximate surface area is 163 Å². The van der Waals surface area contributed by atoms with Gasteiger partial charge in [0.05, 0.1) is 22.4 Å². The van der Waals surface area contributed by atoms with Gasteiger partial charge in [0.25, 0.3) is 11.6 Å². The zero-order valence-corrected chi connectivity index (χ0v) is 15.7. The van der Waals surface area contributed by atoms with Crippen molar-refractivity contribution in [1.82, 2.24) is 15.1 Å². The van der Waals surface area contributed by atoms with E-state index in [1.54, 1.807) is 29.2 Å². The lowest BCUT2D eigenvalue weighted by Crippen LogP contribution is -2.51.